The van der Waals surface area contributed by atoms with Crippen LogP contribution in [0.15, 0.2) is 18.2 Å². The Morgan fingerprint density at radius 2 is 1.78 bits per heavy atom. The second-order valence-electron chi connectivity index (χ2n) is 4.62. The minimum Gasteiger partial charge on any atom is -0.507 e. The van der Waals surface area contributed by atoms with Gasteiger partial charge in [0, 0.05) is 19.6 Å². The Morgan fingerprint density at radius 3 is 2.44 bits per heavy atom. The number of benzene rings is 1. The van der Waals surface area contributed by atoms with Gasteiger partial charge in [-0.2, -0.15) is 0 Å². The average molecular weight is 250 g/mol. The van der Waals surface area contributed by atoms with Crippen molar-refractivity contribution in [2.24, 2.45) is 0 Å². The summed E-state index contributed by atoms with van der Waals surface area (Å²) in [6.07, 6.45) is 0.899. The lowest BCUT2D eigenvalue weighted by Gasteiger charge is -2.21. The van der Waals surface area contributed by atoms with Crippen molar-refractivity contribution in [3.63, 3.8) is 0 Å². The van der Waals surface area contributed by atoms with E-state index in [0.29, 0.717) is 13.1 Å². The first kappa shape index (κ1) is 12.7. The first-order chi connectivity index (χ1) is 8.59. The molecule has 0 radical (unpaired) electrons. The molecule has 0 atom stereocenters. The predicted octanol–water partition coefficient (Wildman–Crippen LogP) is 0.875. The van der Waals surface area contributed by atoms with E-state index >= 15 is 0 Å². The highest BCUT2D eigenvalue weighted by atomic mass is 16.3. The van der Waals surface area contributed by atoms with Crippen LogP contribution in [0.1, 0.15) is 16.8 Å². The van der Waals surface area contributed by atoms with Gasteiger partial charge in [0.15, 0.2) is 0 Å². The SMILES string of the molecule is CN1CCCN(C(=O)c2c(O)cccc2O)CC1. The molecule has 1 amide bonds. The number of amides is 1. The molecule has 1 saturated heterocycles. The highest BCUT2D eigenvalue weighted by Crippen LogP contribution is 2.27. The summed E-state index contributed by atoms with van der Waals surface area (Å²) < 4.78 is 0. The highest BCUT2D eigenvalue weighted by molar-refractivity contribution is 5.99. The molecule has 5 nitrogen and oxygen atoms in total. The third-order valence-corrected chi connectivity index (χ3v) is 3.24. The highest BCUT2D eigenvalue weighted by Gasteiger charge is 2.23. The van der Waals surface area contributed by atoms with Gasteiger partial charge in [-0.25, -0.2) is 0 Å². The number of rotatable bonds is 1. The van der Waals surface area contributed by atoms with Crippen LogP contribution in [-0.4, -0.2) is 59.1 Å². The molecule has 0 saturated carbocycles. The lowest BCUT2D eigenvalue weighted by Crippen LogP contribution is -2.34. The van der Waals surface area contributed by atoms with E-state index in [1.807, 2.05) is 7.05 Å². The zero-order chi connectivity index (χ0) is 13.1. The van der Waals surface area contributed by atoms with Crippen LogP contribution >= 0.6 is 0 Å². The number of phenols is 2. The summed E-state index contributed by atoms with van der Waals surface area (Å²) >= 11 is 0. The lowest BCUT2D eigenvalue weighted by molar-refractivity contribution is 0.0756. The molecule has 1 aromatic carbocycles. The monoisotopic (exact) mass is 250 g/mol. The number of hydrogen-bond donors (Lipinski definition) is 2. The van der Waals surface area contributed by atoms with Crippen molar-refractivity contribution < 1.29 is 15.0 Å². The fourth-order valence-electron chi connectivity index (χ4n) is 2.16. The minimum absolute atomic E-state index is 0.00190. The molecule has 0 bridgehead atoms. The fourth-order valence-corrected chi connectivity index (χ4v) is 2.16. The van der Waals surface area contributed by atoms with E-state index in [1.54, 1.807) is 4.90 Å². The van der Waals surface area contributed by atoms with Crippen LogP contribution in [0.3, 0.4) is 0 Å². The molecule has 2 rings (SSSR count). The normalized spacial score (nSPS) is 17.5. The lowest BCUT2D eigenvalue weighted by atomic mass is 10.1. The zero-order valence-electron chi connectivity index (χ0n) is 10.5. The third-order valence-electron chi connectivity index (χ3n) is 3.24. The zero-order valence-corrected chi connectivity index (χ0v) is 10.5. The maximum Gasteiger partial charge on any atom is 0.261 e. The van der Waals surface area contributed by atoms with Crippen LogP contribution < -0.4 is 0 Å². The standard InChI is InChI=1S/C13H18N2O3/c1-14-6-3-7-15(9-8-14)13(18)12-10(16)4-2-5-11(12)17/h2,4-5,16-17H,3,6-9H2,1H3. The number of carbonyl (C=O) groups excluding carboxylic acids is 1. The molecule has 1 aliphatic heterocycles. The maximum atomic E-state index is 12.3. The van der Waals surface area contributed by atoms with Crippen LogP contribution in [0.4, 0.5) is 0 Å². The Labute approximate surface area is 106 Å². The van der Waals surface area contributed by atoms with E-state index in [-0.39, 0.29) is 23.0 Å². The molecular weight excluding hydrogens is 232 g/mol. The number of hydrogen-bond acceptors (Lipinski definition) is 4. The van der Waals surface area contributed by atoms with E-state index in [1.165, 1.54) is 18.2 Å². The van der Waals surface area contributed by atoms with Crippen LogP contribution in [0.2, 0.25) is 0 Å². The fraction of sp³-hybridized carbons (Fsp3) is 0.462. The smallest absolute Gasteiger partial charge is 0.261 e. The van der Waals surface area contributed by atoms with E-state index < -0.39 is 0 Å². The summed E-state index contributed by atoms with van der Waals surface area (Å²) in [5.41, 5.74) is 0.00190. The van der Waals surface area contributed by atoms with Gasteiger partial charge in [0.05, 0.1) is 0 Å². The van der Waals surface area contributed by atoms with Gasteiger partial charge in [-0.15, -0.1) is 0 Å². The number of carbonyl (C=O) groups is 1. The van der Waals surface area contributed by atoms with Crippen molar-refractivity contribution in [2.75, 3.05) is 33.2 Å². The van der Waals surface area contributed by atoms with Crippen molar-refractivity contribution in [2.45, 2.75) is 6.42 Å². The van der Waals surface area contributed by atoms with Gasteiger partial charge in [-0.05, 0) is 32.1 Å². The Bertz CT molecular complexity index is 428. The summed E-state index contributed by atoms with van der Waals surface area (Å²) in [5, 5.41) is 19.4. The van der Waals surface area contributed by atoms with Crippen LogP contribution in [0, 0.1) is 0 Å². The van der Waals surface area contributed by atoms with Gasteiger partial charge in [0.1, 0.15) is 17.1 Å². The van der Waals surface area contributed by atoms with E-state index in [4.69, 9.17) is 0 Å². The second-order valence-corrected chi connectivity index (χ2v) is 4.62. The van der Waals surface area contributed by atoms with Crippen molar-refractivity contribution in [3.05, 3.63) is 23.8 Å². The molecule has 0 aliphatic carbocycles. The van der Waals surface area contributed by atoms with Crippen molar-refractivity contribution in [3.8, 4) is 11.5 Å². The Kier molecular flexibility index (Phi) is 3.72. The molecule has 1 aliphatic rings. The number of phenolic OH excluding ortho intramolecular Hbond substituents is 2. The molecule has 1 fully saturated rings. The summed E-state index contributed by atoms with van der Waals surface area (Å²) in [7, 11) is 2.02. The number of aromatic hydroxyl groups is 2. The van der Waals surface area contributed by atoms with Crippen molar-refractivity contribution >= 4 is 5.91 Å². The summed E-state index contributed by atoms with van der Waals surface area (Å²) in [5.74, 6) is -0.642. The predicted molar refractivity (Wildman–Crippen MR) is 67.8 cm³/mol. The van der Waals surface area contributed by atoms with Gasteiger partial charge in [-0.1, -0.05) is 6.07 Å². The van der Waals surface area contributed by atoms with Crippen LogP contribution in [0.5, 0.6) is 11.5 Å². The molecule has 5 heteroatoms. The first-order valence-corrected chi connectivity index (χ1v) is 6.08. The largest absolute Gasteiger partial charge is 0.507 e. The van der Waals surface area contributed by atoms with E-state index in [9.17, 15) is 15.0 Å². The molecule has 1 aromatic rings. The van der Waals surface area contributed by atoms with E-state index in [0.717, 1.165) is 19.5 Å². The Hall–Kier alpha value is -1.75. The number of likely N-dealkylation sites (N-methyl/N-ethyl adjacent to an activating group) is 1. The summed E-state index contributed by atoms with van der Waals surface area (Å²) in [6.45, 7) is 3.02. The molecule has 0 unspecified atom stereocenters. The van der Waals surface area contributed by atoms with Gasteiger partial charge >= 0.3 is 0 Å². The third kappa shape index (κ3) is 2.56. The molecule has 0 aromatic heterocycles. The Morgan fingerprint density at radius 1 is 1.11 bits per heavy atom. The van der Waals surface area contributed by atoms with Gasteiger partial charge in [-0.3, -0.25) is 4.79 Å². The Balaban J connectivity index is 2.20. The topological polar surface area (TPSA) is 64.0 Å². The molecule has 2 N–H and O–H groups in total. The maximum absolute atomic E-state index is 12.3. The molecule has 98 valence electrons. The summed E-state index contributed by atoms with van der Waals surface area (Å²) in [4.78, 5) is 16.1. The average Bonchev–Trinajstić information content (AvgIpc) is 2.53. The molecule has 18 heavy (non-hydrogen) atoms. The van der Waals surface area contributed by atoms with Crippen molar-refractivity contribution in [1.82, 2.24) is 9.80 Å². The minimum atomic E-state index is -0.305. The molecule has 1 heterocycles. The quantitative estimate of drug-likeness (QED) is 0.776. The molecule has 0 spiro atoms. The van der Waals surface area contributed by atoms with E-state index in [2.05, 4.69) is 4.90 Å². The second kappa shape index (κ2) is 5.27. The van der Waals surface area contributed by atoms with Crippen LogP contribution in [-0.2, 0) is 0 Å². The van der Waals surface area contributed by atoms with Gasteiger partial charge < -0.3 is 20.0 Å². The molecular formula is C13H18N2O3. The number of nitrogens with zero attached hydrogens (tertiary/aromatic N) is 2. The van der Waals surface area contributed by atoms with Crippen molar-refractivity contribution in [1.29, 1.82) is 0 Å². The van der Waals surface area contributed by atoms with Gasteiger partial charge in [0.2, 0.25) is 0 Å². The first-order valence-electron chi connectivity index (χ1n) is 6.08. The van der Waals surface area contributed by atoms with Gasteiger partial charge in [0.25, 0.3) is 5.91 Å². The summed E-state index contributed by atoms with van der Waals surface area (Å²) in [6, 6.07) is 4.34. The van der Waals surface area contributed by atoms with Crippen LogP contribution in [0.25, 0.3) is 0 Å².